The summed E-state index contributed by atoms with van der Waals surface area (Å²) in [6.45, 7) is 0. The van der Waals surface area contributed by atoms with E-state index in [0.717, 1.165) is 29.7 Å². The van der Waals surface area contributed by atoms with Crippen molar-refractivity contribution in [1.82, 2.24) is 9.97 Å². The molecular weight excluding hydrogens is 314 g/mol. The van der Waals surface area contributed by atoms with Gasteiger partial charge in [0.25, 0.3) is 5.91 Å². The summed E-state index contributed by atoms with van der Waals surface area (Å²) in [5.74, 6) is -1.52. The van der Waals surface area contributed by atoms with Crippen molar-refractivity contribution in [3.63, 3.8) is 0 Å². The van der Waals surface area contributed by atoms with Gasteiger partial charge in [-0.2, -0.15) is 0 Å². The second-order valence-electron chi connectivity index (χ2n) is 4.55. The second-order valence-corrected chi connectivity index (χ2v) is 6.04. The molecule has 3 rings (SSSR count). The molecule has 0 saturated heterocycles. The van der Waals surface area contributed by atoms with E-state index in [9.17, 15) is 14.7 Å². The highest BCUT2D eigenvalue weighted by molar-refractivity contribution is 7.17. The fourth-order valence-electron chi connectivity index (χ4n) is 2.32. The molecule has 0 radical (unpaired) electrons. The average Bonchev–Trinajstić information content (AvgIpc) is 2.98. The molecule has 6 nitrogen and oxygen atoms in total. The normalized spacial score (nSPS) is 13.0. The Labute approximate surface area is 128 Å². The van der Waals surface area contributed by atoms with E-state index in [4.69, 9.17) is 11.6 Å². The molecular formula is C13H10ClN3O3S. The molecule has 8 heteroatoms. The number of hydrogen-bond donors (Lipinski definition) is 2. The Bertz CT molecular complexity index is 727. The molecule has 1 amide bonds. The zero-order valence-electron chi connectivity index (χ0n) is 10.7. The smallest absolute Gasteiger partial charge is 0.339 e. The fraction of sp³-hybridized carbons (Fsp3) is 0.231. The van der Waals surface area contributed by atoms with E-state index < -0.39 is 11.9 Å². The summed E-state index contributed by atoms with van der Waals surface area (Å²) in [6, 6.07) is 0. The van der Waals surface area contributed by atoms with Gasteiger partial charge in [0.2, 0.25) is 0 Å². The number of nitrogens with one attached hydrogen (secondary N) is 1. The van der Waals surface area contributed by atoms with Crippen LogP contribution in [0.1, 0.15) is 37.7 Å². The molecule has 0 aliphatic heterocycles. The quantitative estimate of drug-likeness (QED) is 0.905. The number of carboxylic acids is 1. The van der Waals surface area contributed by atoms with Gasteiger partial charge in [0, 0.05) is 4.88 Å². The maximum atomic E-state index is 12.1. The number of halogens is 1. The van der Waals surface area contributed by atoms with Gasteiger partial charge in [-0.1, -0.05) is 11.6 Å². The van der Waals surface area contributed by atoms with Crippen molar-refractivity contribution in [2.45, 2.75) is 19.3 Å². The number of carbonyl (C=O) groups is 2. The summed E-state index contributed by atoms with van der Waals surface area (Å²) in [5.41, 5.74) is 1.12. The van der Waals surface area contributed by atoms with E-state index in [1.54, 1.807) is 0 Å². The number of amides is 1. The van der Waals surface area contributed by atoms with Crippen LogP contribution in [0.4, 0.5) is 5.00 Å². The average molecular weight is 324 g/mol. The number of aromatic nitrogens is 2. The predicted molar refractivity (Wildman–Crippen MR) is 78.3 cm³/mol. The molecule has 0 spiro atoms. The van der Waals surface area contributed by atoms with Gasteiger partial charge in [0.1, 0.15) is 15.8 Å². The van der Waals surface area contributed by atoms with Crippen molar-refractivity contribution in [2.75, 3.05) is 5.32 Å². The van der Waals surface area contributed by atoms with Gasteiger partial charge in [-0.05, 0) is 24.8 Å². The Balaban J connectivity index is 1.90. The standard InChI is InChI=1S/C13H10ClN3O3S/c14-9-5-15-7(4-16-9)11(18)17-12-10(13(19)20)6-2-1-3-8(6)21-12/h4-5H,1-3H2,(H,17,18)(H,19,20). The Hall–Kier alpha value is -1.99. The minimum atomic E-state index is -1.02. The van der Waals surface area contributed by atoms with Gasteiger partial charge in [-0.3, -0.25) is 4.79 Å². The van der Waals surface area contributed by atoms with E-state index >= 15 is 0 Å². The van der Waals surface area contributed by atoms with E-state index in [2.05, 4.69) is 15.3 Å². The molecule has 2 aromatic rings. The molecule has 0 atom stereocenters. The molecule has 0 fully saturated rings. The molecule has 2 heterocycles. The zero-order chi connectivity index (χ0) is 15.0. The number of hydrogen-bond acceptors (Lipinski definition) is 5. The highest BCUT2D eigenvalue weighted by Crippen LogP contribution is 2.39. The highest BCUT2D eigenvalue weighted by Gasteiger charge is 2.27. The van der Waals surface area contributed by atoms with Crippen LogP contribution in [0.25, 0.3) is 0 Å². The van der Waals surface area contributed by atoms with Crippen LogP contribution in [0.5, 0.6) is 0 Å². The summed E-state index contributed by atoms with van der Waals surface area (Å²) >= 11 is 6.93. The van der Waals surface area contributed by atoms with E-state index in [1.165, 1.54) is 23.7 Å². The number of rotatable bonds is 3. The van der Waals surface area contributed by atoms with Gasteiger partial charge < -0.3 is 10.4 Å². The van der Waals surface area contributed by atoms with Crippen LogP contribution in [-0.4, -0.2) is 27.0 Å². The molecule has 0 saturated carbocycles. The number of carboxylic acid groups (broad SMARTS) is 1. The van der Waals surface area contributed by atoms with Crippen LogP contribution in [0.2, 0.25) is 5.15 Å². The first kappa shape index (κ1) is 14.0. The Morgan fingerprint density at radius 3 is 2.76 bits per heavy atom. The topological polar surface area (TPSA) is 92.2 Å². The molecule has 2 N–H and O–H groups in total. The summed E-state index contributed by atoms with van der Waals surface area (Å²) in [7, 11) is 0. The van der Waals surface area contributed by atoms with Crippen molar-refractivity contribution < 1.29 is 14.7 Å². The number of aromatic carboxylic acids is 1. The Kier molecular flexibility index (Phi) is 3.60. The summed E-state index contributed by atoms with van der Waals surface area (Å²) < 4.78 is 0. The summed E-state index contributed by atoms with van der Waals surface area (Å²) in [5, 5.41) is 12.5. The minimum absolute atomic E-state index is 0.0873. The van der Waals surface area contributed by atoms with E-state index in [1.807, 2.05) is 0 Å². The van der Waals surface area contributed by atoms with Gasteiger partial charge in [0.15, 0.2) is 0 Å². The van der Waals surface area contributed by atoms with Crippen LogP contribution < -0.4 is 5.32 Å². The van der Waals surface area contributed by atoms with Gasteiger partial charge in [0.05, 0.1) is 18.0 Å². The van der Waals surface area contributed by atoms with Crippen LogP contribution in [0.3, 0.4) is 0 Å². The Morgan fingerprint density at radius 2 is 2.10 bits per heavy atom. The molecule has 0 unspecified atom stereocenters. The third-order valence-electron chi connectivity index (χ3n) is 3.22. The lowest BCUT2D eigenvalue weighted by Gasteiger charge is -2.04. The molecule has 2 aromatic heterocycles. The SMILES string of the molecule is O=C(Nc1sc2c(c1C(=O)O)CCC2)c1cnc(Cl)cn1. The van der Waals surface area contributed by atoms with E-state index in [0.29, 0.717) is 5.00 Å². The van der Waals surface area contributed by atoms with Crippen LogP contribution >= 0.6 is 22.9 Å². The lowest BCUT2D eigenvalue weighted by Crippen LogP contribution is -2.15. The maximum absolute atomic E-state index is 12.1. The second kappa shape index (κ2) is 5.42. The molecule has 108 valence electrons. The highest BCUT2D eigenvalue weighted by atomic mass is 35.5. The first-order valence-corrected chi connectivity index (χ1v) is 7.42. The molecule has 1 aliphatic carbocycles. The van der Waals surface area contributed by atoms with Crippen molar-refractivity contribution in [3.05, 3.63) is 39.2 Å². The number of aryl methyl sites for hydroxylation is 1. The van der Waals surface area contributed by atoms with Crippen LogP contribution in [-0.2, 0) is 12.8 Å². The molecule has 0 bridgehead atoms. The third-order valence-corrected chi connectivity index (χ3v) is 4.62. The van der Waals surface area contributed by atoms with Gasteiger partial charge >= 0.3 is 5.97 Å². The Morgan fingerprint density at radius 1 is 1.29 bits per heavy atom. The number of thiophene rings is 1. The van der Waals surface area contributed by atoms with Crippen molar-refractivity contribution in [2.24, 2.45) is 0 Å². The van der Waals surface area contributed by atoms with Gasteiger partial charge in [-0.25, -0.2) is 14.8 Å². The van der Waals surface area contributed by atoms with Crippen LogP contribution in [0.15, 0.2) is 12.4 Å². The first-order chi connectivity index (χ1) is 10.1. The largest absolute Gasteiger partial charge is 0.478 e. The monoisotopic (exact) mass is 323 g/mol. The number of anilines is 1. The lowest BCUT2D eigenvalue weighted by atomic mass is 10.1. The zero-order valence-corrected chi connectivity index (χ0v) is 12.3. The molecule has 21 heavy (non-hydrogen) atoms. The summed E-state index contributed by atoms with van der Waals surface area (Å²) in [6.07, 6.45) is 5.07. The fourth-order valence-corrected chi connectivity index (χ4v) is 3.69. The third kappa shape index (κ3) is 2.62. The molecule has 1 aliphatic rings. The first-order valence-electron chi connectivity index (χ1n) is 6.23. The summed E-state index contributed by atoms with van der Waals surface area (Å²) in [4.78, 5) is 32.2. The minimum Gasteiger partial charge on any atom is -0.478 e. The van der Waals surface area contributed by atoms with Crippen molar-refractivity contribution >= 4 is 39.8 Å². The number of fused-ring (bicyclic) bond motifs is 1. The molecule has 0 aromatic carbocycles. The van der Waals surface area contributed by atoms with Gasteiger partial charge in [-0.15, -0.1) is 11.3 Å². The van der Waals surface area contributed by atoms with Crippen molar-refractivity contribution in [3.8, 4) is 0 Å². The van der Waals surface area contributed by atoms with E-state index in [-0.39, 0.29) is 16.4 Å². The van der Waals surface area contributed by atoms with Crippen LogP contribution in [0, 0.1) is 0 Å². The lowest BCUT2D eigenvalue weighted by molar-refractivity contribution is 0.0697. The number of carbonyl (C=O) groups excluding carboxylic acids is 1. The number of nitrogens with zero attached hydrogens (tertiary/aromatic N) is 2. The van der Waals surface area contributed by atoms with Crippen molar-refractivity contribution in [1.29, 1.82) is 0 Å². The maximum Gasteiger partial charge on any atom is 0.339 e. The predicted octanol–water partition coefficient (Wildman–Crippen LogP) is 2.63.